The van der Waals surface area contributed by atoms with Gasteiger partial charge in [0.1, 0.15) is 5.75 Å². The predicted octanol–water partition coefficient (Wildman–Crippen LogP) is 3.97. The Labute approximate surface area is 173 Å². The Hall–Kier alpha value is -2.93. The maximum atomic E-state index is 12.4. The highest BCUT2D eigenvalue weighted by atomic mass is 32.2. The second kappa shape index (κ2) is 8.61. The van der Waals surface area contributed by atoms with Crippen LogP contribution in [0.4, 0.5) is 4.79 Å². The van der Waals surface area contributed by atoms with Gasteiger partial charge in [0, 0.05) is 22.3 Å². The monoisotopic (exact) mass is 411 g/mol. The molecule has 1 saturated heterocycles. The number of nitrogens with one attached hydrogen (secondary N) is 1. The Balaban J connectivity index is 1.53. The number of imide groups is 1. The van der Waals surface area contributed by atoms with Gasteiger partial charge in [-0.15, -0.1) is 0 Å². The van der Waals surface area contributed by atoms with Crippen LogP contribution in [0.5, 0.6) is 5.75 Å². The highest BCUT2D eigenvalue weighted by molar-refractivity contribution is 8.18. The minimum Gasteiger partial charge on any atom is -0.494 e. The third-order valence-corrected chi connectivity index (χ3v) is 5.78. The van der Waals surface area contributed by atoms with Crippen LogP contribution < -0.4 is 10.1 Å². The molecule has 1 heterocycles. The number of ketones is 2. The summed E-state index contributed by atoms with van der Waals surface area (Å²) in [5.74, 6) is 0.166. The van der Waals surface area contributed by atoms with E-state index in [4.69, 9.17) is 4.74 Å². The van der Waals surface area contributed by atoms with E-state index in [1.165, 1.54) is 0 Å². The third kappa shape index (κ3) is 4.56. The van der Waals surface area contributed by atoms with Crippen molar-refractivity contribution in [2.75, 3.05) is 6.61 Å². The van der Waals surface area contributed by atoms with Crippen molar-refractivity contribution in [3.63, 3.8) is 0 Å². The molecule has 0 aromatic heterocycles. The lowest BCUT2D eigenvalue weighted by molar-refractivity contribution is -0.116. The number of amides is 2. The number of thioether (sulfide) groups is 1. The van der Waals surface area contributed by atoms with Gasteiger partial charge in [0.2, 0.25) is 0 Å². The summed E-state index contributed by atoms with van der Waals surface area (Å²) in [4.78, 5) is 47.7. The van der Waals surface area contributed by atoms with Crippen molar-refractivity contribution >= 4 is 40.6 Å². The van der Waals surface area contributed by atoms with E-state index in [2.05, 4.69) is 5.32 Å². The molecule has 0 atom stereocenters. The summed E-state index contributed by atoms with van der Waals surface area (Å²) in [6.45, 7) is 5.50. The fourth-order valence-corrected chi connectivity index (χ4v) is 3.81. The van der Waals surface area contributed by atoms with E-state index in [1.807, 2.05) is 0 Å². The van der Waals surface area contributed by atoms with E-state index in [-0.39, 0.29) is 22.7 Å². The number of Topliss-reactive ketones (excluding diaryl/α,β-unsaturated/α-hetero) is 2. The number of hydrogen-bond acceptors (Lipinski definition) is 6. The summed E-state index contributed by atoms with van der Waals surface area (Å²) in [6.07, 6.45) is 2.75. The van der Waals surface area contributed by atoms with Crippen molar-refractivity contribution in [3.05, 3.63) is 57.0 Å². The summed E-state index contributed by atoms with van der Waals surface area (Å²) in [7, 11) is 0. The number of allylic oxidation sites excluding steroid dienone is 4. The fourth-order valence-electron chi connectivity index (χ4n) is 3.13. The normalized spacial score (nSPS) is 18.8. The SMILES string of the molecule is CC1=C(C)C(=O)C(CCCOc2ccc(/C=C3\SC(=O)NC3=O)cc2)=C(C)C1=O. The van der Waals surface area contributed by atoms with Crippen LogP contribution in [0.15, 0.2) is 51.5 Å². The van der Waals surface area contributed by atoms with E-state index >= 15 is 0 Å². The zero-order chi connectivity index (χ0) is 21.1. The molecule has 150 valence electrons. The number of hydrogen-bond donors (Lipinski definition) is 1. The van der Waals surface area contributed by atoms with Gasteiger partial charge >= 0.3 is 0 Å². The standard InChI is InChI=1S/C22H21NO5S/c1-12-13(2)20(25)17(14(3)19(12)24)5-4-10-28-16-8-6-15(7-9-16)11-18-21(26)23-22(27)29-18/h6-9,11H,4-5,10H2,1-3H3,(H,23,26,27)/b18-11-. The van der Waals surface area contributed by atoms with Crippen LogP contribution in [-0.4, -0.2) is 29.3 Å². The third-order valence-electron chi connectivity index (χ3n) is 4.97. The average molecular weight is 411 g/mol. The lowest BCUT2D eigenvalue weighted by Gasteiger charge is -2.18. The molecular formula is C22H21NO5S. The first-order chi connectivity index (χ1) is 13.8. The molecule has 2 amide bonds. The van der Waals surface area contributed by atoms with E-state index < -0.39 is 0 Å². The summed E-state index contributed by atoms with van der Waals surface area (Å²) < 4.78 is 5.72. The Kier molecular flexibility index (Phi) is 6.17. The van der Waals surface area contributed by atoms with Crippen LogP contribution in [0.25, 0.3) is 6.08 Å². The quantitative estimate of drug-likeness (QED) is 0.433. The van der Waals surface area contributed by atoms with Gasteiger partial charge in [-0.05, 0) is 69.1 Å². The van der Waals surface area contributed by atoms with Gasteiger partial charge in [0.05, 0.1) is 11.5 Å². The predicted molar refractivity (Wildman–Crippen MR) is 111 cm³/mol. The molecule has 1 aliphatic carbocycles. The van der Waals surface area contributed by atoms with Crippen molar-refractivity contribution in [1.82, 2.24) is 5.32 Å². The highest BCUT2D eigenvalue weighted by Crippen LogP contribution is 2.28. The largest absolute Gasteiger partial charge is 0.494 e. The van der Waals surface area contributed by atoms with Crippen LogP contribution in [0, 0.1) is 0 Å². The lowest BCUT2D eigenvalue weighted by Crippen LogP contribution is -2.21. The van der Waals surface area contributed by atoms with Crippen molar-refractivity contribution < 1.29 is 23.9 Å². The van der Waals surface area contributed by atoms with E-state index in [0.717, 1.165) is 17.3 Å². The lowest BCUT2D eigenvalue weighted by atomic mass is 9.84. The van der Waals surface area contributed by atoms with Gasteiger partial charge in [-0.3, -0.25) is 24.5 Å². The molecule has 1 aliphatic heterocycles. The molecule has 1 fully saturated rings. The number of rotatable bonds is 6. The first-order valence-electron chi connectivity index (χ1n) is 9.22. The van der Waals surface area contributed by atoms with Gasteiger partial charge in [0.25, 0.3) is 11.1 Å². The molecule has 1 aromatic rings. The molecule has 3 rings (SSSR count). The second-order valence-electron chi connectivity index (χ2n) is 6.89. The zero-order valence-electron chi connectivity index (χ0n) is 16.5. The first kappa shape index (κ1) is 20.8. The number of benzene rings is 1. The summed E-state index contributed by atoms with van der Waals surface area (Å²) in [5.41, 5.74) is 2.94. The van der Waals surface area contributed by atoms with Crippen LogP contribution in [0.2, 0.25) is 0 Å². The molecule has 1 aromatic carbocycles. The van der Waals surface area contributed by atoms with Crippen molar-refractivity contribution in [2.45, 2.75) is 33.6 Å². The molecular weight excluding hydrogens is 390 g/mol. The van der Waals surface area contributed by atoms with Crippen LogP contribution >= 0.6 is 11.8 Å². The number of carbonyl (C=O) groups excluding carboxylic acids is 4. The van der Waals surface area contributed by atoms with Crippen molar-refractivity contribution in [3.8, 4) is 5.75 Å². The van der Waals surface area contributed by atoms with Gasteiger partial charge in [-0.2, -0.15) is 0 Å². The second-order valence-corrected chi connectivity index (χ2v) is 7.90. The molecule has 0 unspecified atom stereocenters. The number of ether oxygens (including phenoxy) is 1. The smallest absolute Gasteiger partial charge is 0.290 e. The maximum Gasteiger partial charge on any atom is 0.290 e. The van der Waals surface area contributed by atoms with Crippen LogP contribution in [0.1, 0.15) is 39.2 Å². The van der Waals surface area contributed by atoms with Crippen molar-refractivity contribution in [2.24, 2.45) is 0 Å². The fraction of sp³-hybridized carbons (Fsp3) is 0.273. The molecule has 29 heavy (non-hydrogen) atoms. The molecule has 1 N–H and O–H groups in total. The minimum absolute atomic E-state index is 0.0516. The Morgan fingerprint density at radius 3 is 2.21 bits per heavy atom. The van der Waals surface area contributed by atoms with Crippen molar-refractivity contribution in [1.29, 1.82) is 0 Å². The molecule has 2 aliphatic rings. The maximum absolute atomic E-state index is 12.4. The van der Waals surface area contributed by atoms with Crippen LogP contribution in [-0.2, 0) is 14.4 Å². The molecule has 0 saturated carbocycles. The van der Waals surface area contributed by atoms with E-state index in [0.29, 0.717) is 52.4 Å². The zero-order valence-corrected chi connectivity index (χ0v) is 17.3. The highest BCUT2D eigenvalue weighted by Gasteiger charge is 2.27. The summed E-state index contributed by atoms with van der Waals surface area (Å²) >= 11 is 0.875. The van der Waals surface area contributed by atoms with Gasteiger partial charge in [-0.1, -0.05) is 12.1 Å². The molecule has 0 bridgehead atoms. The van der Waals surface area contributed by atoms with Gasteiger partial charge in [0.15, 0.2) is 11.6 Å². The van der Waals surface area contributed by atoms with Crippen LogP contribution in [0.3, 0.4) is 0 Å². The molecule has 0 radical (unpaired) electrons. The van der Waals surface area contributed by atoms with E-state index in [9.17, 15) is 19.2 Å². The van der Waals surface area contributed by atoms with Gasteiger partial charge < -0.3 is 4.74 Å². The average Bonchev–Trinajstić information content (AvgIpc) is 3.02. The number of carbonyl (C=O) groups is 4. The summed E-state index contributed by atoms with van der Waals surface area (Å²) in [5, 5.41) is 1.84. The molecule has 6 nitrogen and oxygen atoms in total. The Morgan fingerprint density at radius 1 is 0.931 bits per heavy atom. The Bertz CT molecular complexity index is 999. The Morgan fingerprint density at radius 2 is 1.59 bits per heavy atom. The van der Waals surface area contributed by atoms with E-state index in [1.54, 1.807) is 51.1 Å². The van der Waals surface area contributed by atoms with Gasteiger partial charge in [-0.25, -0.2) is 0 Å². The first-order valence-corrected chi connectivity index (χ1v) is 10.0. The molecule has 7 heteroatoms. The topological polar surface area (TPSA) is 89.5 Å². The minimum atomic E-state index is -0.388. The molecule has 0 spiro atoms. The summed E-state index contributed by atoms with van der Waals surface area (Å²) in [6, 6.07) is 7.15.